The average Bonchev–Trinajstić information content (AvgIpc) is 2.85. The minimum absolute atomic E-state index is 0.0488. The molecular formula is C12H19N3O2. The Labute approximate surface area is 101 Å². The summed E-state index contributed by atoms with van der Waals surface area (Å²) >= 11 is 0. The second-order valence-electron chi connectivity index (χ2n) is 4.40. The van der Waals surface area contributed by atoms with E-state index in [4.69, 9.17) is 5.11 Å². The minimum Gasteiger partial charge on any atom is -0.396 e. The first-order valence-corrected chi connectivity index (χ1v) is 6.24. The third-order valence-electron chi connectivity index (χ3n) is 3.10. The van der Waals surface area contributed by atoms with Crippen molar-refractivity contribution in [3.8, 4) is 0 Å². The van der Waals surface area contributed by atoms with Crippen LogP contribution in [0.4, 0.5) is 5.69 Å². The van der Waals surface area contributed by atoms with E-state index in [2.05, 4.69) is 10.00 Å². The summed E-state index contributed by atoms with van der Waals surface area (Å²) in [6.07, 6.45) is 5.65. The highest BCUT2D eigenvalue weighted by Gasteiger charge is 2.13. The molecule has 17 heavy (non-hydrogen) atoms. The van der Waals surface area contributed by atoms with E-state index < -0.39 is 0 Å². The monoisotopic (exact) mass is 237 g/mol. The minimum atomic E-state index is -0.0488. The SMILES string of the molecule is O=c1cc(N2CCCC2)cnn1CCCCO. The molecule has 5 nitrogen and oxygen atoms in total. The molecule has 1 aromatic heterocycles. The summed E-state index contributed by atoms with van der Waals surface area (Å²) < 4.78 is 1.47. The van der Waals surface area contributed by atoms with Crippen LogP contribution in [0.15, 0.2) is 17.1 Å². The summed E-state index contributed by atoms with van der Waals surface area (Å²) in [5.41, 5.74) is 0.887. The molecule has 0 amide bonds. The second kappa shape index (κ2) is 5.82. The molecule has 2 heterocycles. The number of aromatic nitrogens is 2. The van der Waals surface area contributed by atoms with Gasteiger partial charge in [-0.05, 0) is 25.7 Å². The largest absolute Gasteiger partial charge is 0.396 e. The van der Waals surface area contributed by atoms with Crippen molar-refractivity contribution in [3.05, 3.63) is 22.6 Å². The molecule has 0 bridgehead atoms. The Bertz CT molecular complexity index is 410. The van der Waals surface area contributed by atoms with E-state index in [0.29, 0.717) is 13.0 Å². The van der Waals surface area contributed by atoms with Crippen molar-refractivity contribution in [3.63, 3.8) is 0 Å². The summed E-state index contributed by atoms with van der Waals surface area (Å²) in [6.45, 7) is 2.80. The van der Waals surface area contributed by atoms with Crippen LogP contribution in [0.3, 0.4) is 0 Å². The van der Waals surface area contributed by atoms with Crippen LogP contribution in [0.25, 0.3) is 0 Å². The van der Waals surface area contributed by atoms with Gasteiger partial charge < -0.3 is 10.0 Å². The predicted molar refractivity (Wildman–Crippen MR) is 66.3 cm³/mol. The van der Waals surface area contributed by atoms with E-state index in [1.807, 2.05) is 0 Å². The van der Waals surface area contributed by atoms with Crippen LogP contribution in [0, 0.1) is 0 Å². The fourth-order valence-electron chi connectivity index (χ4n) is 2.11. The zero-order valence-electron chi connectivity index (χ0n) is 10.0. The fraction of sp³-hybridized carbons (Fsp3) is 0.667. The molecule has 0 spiro atoms. The van der Waals surface area contributed by atoms with Gasteiger partial charge in [0.05, 0.1) is 11.9 Å². The van der Waals surface area contributed by atoms with Gasteiger partial charge in [-0.3, -0.25) is 4.79 Å². The first-order chi connectivity index (χ1) is 8.31. The van der Waals surface area contributed by atoms with E-state index >= 15 is 0 Å². The van der Waals surface area contributed by atoms with Gasteiger partial charge in [0.2, 0.25) is 0 Å². The van der Waals surface area contributed by atoms with Crippen molar-refractivity contribution in [1.29, 1.82) is 0 Å². The number of anilines is 1. The van der Waals surface area contributed by atoms with Gasteiger partial charge in [-0.25, -0.2) is 4.68 Å². The predicted octanol–water partition coefficient (Wildman–Crippen LogP) is 0.616. The fourth-order valence-corrected chi connectivity index (χ4v) is 2.11. The maximum atomic E-state index is 11.8. The van der Waals surface area contributed by atoms with Crippen molar-refractivity contribution in [2.45, 2.75) is 32.2 Å². The third kappa shape index (κ3) is 3.06. The maximum Gasteiger partial charge on any atom is 0.268 e. The smallest absolute Gasteiger partial charge is 0.268 e. The Morgan fingerprint density at radius 1 is 1.29 bits per heavy atom. The Morgan fingerprint density at radius 2 is 2.06 bits per heavy atom. The molecule has 1 N–H and O–H groups in total. The van der Waals surface area contributed by atoms with Crippen molar-refractivity contribution >= 4 is 5.69 Å². The molecule has 0 aliphatic carbocycles. The zero-order valence-corrected chi connectivity index (χ0v) is 10.0. The summed E-state index contributed by atoms with van der Waals surface area (Å²) in [5, 5.41) is 12.9. The lowest BCUT2D eigenvalue weighted by Crippen LogP contribution is -2.26. The van der Waals surface area contributed by atoms with Crippen LogP contribution in [-0.4, -0.2) is 34.6 Å². The number of nitrogens with zero attached hydrogens (tertiary/aromatic N) is 3. The molecule has 0 atom stereocenters. The average molecular weight is 237 g/mol. The summed E-state index contributed by atoms with van der Waals surface area (Å²) in [7, 11) is 0. The number of aliphatic hydroxyl groups excluding tert-OH is 1. The molecule has 1 fully saturated rings. The first kappa shape index (κ1) is 12.1. The number of unbranched alkanes of at least 4 members (excludes halogenated alkanes) is 1. The Hall–Kier alpha value is -1.36. The molecule has 0 saturated carbocycles. The summed E-state index contributed by atoms with van der Waals surface area (Å²) in [4.78, 5) is 14.0. The third-order valence-corrected chi connectivity index (χ3v) is 3.10. The van der Waals surface area contributed by atoms with E-state index in [9.17, 15) is 4.79 Å². The lowest BCUT2D eigenvalue weighted by atomic mass is 10.3. The van der Waals surface area contributed by atoms with Gasteiger partial charge in [0, 0.05) is 32.3 Å². The molecule has 5 heteroatoms. The van der Waals surface area contributed by atoms with Crippen molar-refractivity contribution < 1.29 is 5.11 Å². The van der Waals surface area contributed by atoms with E-state index in [-0.39, 0.29) is 12.2 Å². The van der Waals surface area contributed by atoms with Gasteiger partial charge in [-0.15, -0.1) is 0 Å². The van der Waals surface area contributed by atoms with Crippen LogP contribution in [0.1, 0.15) is 25.7 Å². The molecule has 2 rings (SSSR count). The van der Waals surface area contributed by atoms with E-state index in [1.54, 1.807) is 12.3 Å². The molecular weight excluding hydrogens is 218 g/mol. The molecule has 1 aliphatic heterocycles. The lowest BCUT2D eigenvalue weighted by molar-refractivity contribution is 0.279. The standard InChI is InChI=1S/C12H19N3O2/c16-8-4-3-7-15-12(17)9-11(10-13-15)14-5-1-2-6-14/h9-10,16H,1-8H2. The highest BCUT2D eigenvalue weighted by atomic mass is 16.2. The summed E-state index contributed by atoms with van der Waals surface area (Å²) in [6, 6.07) is 1.66. The topological polar surface area (TPSA) is 58.4 Å². The molecule has 1 saturated heterocycles. The number of hydrogen-bond acceptors (Lipinski definition) is 4. The summed E-state index contributed by atoms with van der Waals surface area (Å²) in [5.74, 6) is 0. The quantitative estimate of drug-likeness (QED) is 0.763. The Kier molecular flexibility index (Phi) is 4.14. The zero-order chi connectivity index (χ0) is 12.1. The Balaban J connectivity index is 2.03. The molecule has 0 aromatic carbocycles. The highest BCUT2D eigenvalue weighted by molar-refractivity contribution is 5.43. The highest BCUT2D eigenvalue weighted by Crippen LogP contribution is 2.16. The van der Waals surface area contributed by atoms with Crippen LogP contribution in [0.5, 0.6) is 0 Å². The number of rotatable bonds is 5. The molecule has 1 aromatic rings. The molecule has 0 radical (unpaired) electrons. The van der Waals surface area contributed by atoms with Gasteiger partial charge in [-0.1, -0.05) is 0 Å². The second-order valence-corrected chi connectivity index (χ2v) is 4.40. The Morgan fingerprint density at radius 3 is 2.71 bits per heavy atom. The van der Waals surface area contributed by atoms with Crippen molar-refractivity contribution in [2.75, 3.05) is 24.6 Å². The number of hydrogen-bond donors (Lipinski definition) is 1. The molecule has 1 aliphatic rings. The van der Waals surface area contributed by atoms with Gasteiger partial charge >= 0.3 is 0 Å². The van der Waals surface area contributed by atoms with Gasteiger partial charge in [0.15, 0.2) is 0 Å². The molecule has 94 valence electrons. The first-order valence-electron chi connectivity index (χ1n) is 6.24. The van der Waals surface area contributed by atoms with Crippen LogP contribution in [-0.2, 0) is 6.54 Å². The normalized spacial score (nSPS) is 15.5. The van der Waals surface area contributed by atoms with Crippen LogP contribution >= 0.6 is 0 Å². The number of aryl methyl sites for hydroxylation is 1. The van der Waals surface area contributed by atoms with E-state index in [0.717, 1.165) is 25.2 Å². The molecule has 0 unspecified atom stereocenters. The van der Waals surface area contributed by atoms with Gasteiger partial charge in [-0.2, -0.15) is 5.10 Å². The van der Waals surface area contributed by atoms with Crippen molar-refractivity contribution in [2.24, 2.45) is 0 Å². The number of aliphatic hydroxyl groups is 1. The van der Waals surface area contributed by atoms with Crippen molar-refractivity contribution in [1.82, 2.24) is 9.78 Å². The lowest BCUT2D eigenvalue weighted by Gasteiger charge is -2.16. The van der Waals surface area contributed by atoms with E-state index in [1.165, 1.54) is 17.5 Å². The van der Waals surface area contributed by atoms with Crippen LogP contribution < -0.4 is 10.5 Å². The van der Waals surface area contributed by atoms with Gasteiger partial charge in [0.1, 0.15) is 0 Å². The maximum absolute atomic E-state index is 11.8. The van der Waals surface area contributed by atoms with Crippen LogP contribution in [0.2, 0.25) is 0 Å². The van der Waals surface area contributed by atoms with Gasteiger partial charge in [0.25, 0.3) is 5.56 Å².